The molecule has 0 spiro atoms. The summed E-state index contributed by atoms with van der Waals surface area (Å²) in [6.07, 6.45) is 2.23. The van der Waals surface area contributed by atoms with E-state index in [2.05, 4.69) is 5.16 Å². The van der Waals surface area contributed by atoms with Crippen LogP contribution in [0.5, 0.6) is 0 Å². The molecule has 0 fully saturated rings. The van der Waals surface area contributed by atoms with Crippen molar-refractivity contribution in [3.05, 3.63) is 61.8 Å². The van der Waals surface area contributed by atoms with E-state index >= 15 is 0 Å². The minimum atomic E-state index is -0.475. The summed E-state index contributed by atoms with van der Waals surface area (Å²) in [5.41, 5.74) is 1.71. The van der Waals surface area contributed by atoms with Crippen molar-refractivity contribution < 1.29 is 14.6 Å². The lowest BCUT2D eigenvalue weighted by Crippen LogP contribution is -2.37. The molecule has 1 aliphatic heterocycles. The van der Waals surface area contributed by atoms with Gasteiger partial charge in [0, 0.05) is 35.7 Å². The van der Waals surface area contributed by atoms with E-state index in [9.17, 15) is 14.9 Å². The van der Waals surface area contributed by atoms with Gasteiger partial charge in [0.15, 0.2) is 6.61 Å². The number of nitro benzene ring substituents is 1. The highest BCUT2D eigenvalue weighted by molar-refractivity contribution is 7.10. The fourth-order valence-electron chi connectivity index (χ4n) is 2.46. The number of carbonyl (C=O) groups is 1. The average molecular weight is 345 g/mol. The summed E-state index contributed by atoms with van der Waals surface area (Å²) in [6, 6.07) is 8.07. The fourth-order valence-corrected chi connectivity index (χ4v) is 3.35. The second-order valence-electron chi connectivity index (χ2n) is 5.29. The predicted molar refractivity (Wildman–Crippen MR) is 90.1 cm³/mol. The summed E-state index contributed by atoms with van der Waals surface area (Å²) in [4.78, 5) is 30.5. The Morgan fingerprint density at radius 1 is 1.46 bits per heavy atom. The van der Waals surface area contributed by atoms with E-state index < -0.39 is 4.92 Å². The number of oxime groups is 1. The molecular formula is C16H15N3O4S. The summed E-state index contributed by atoms with van der Waals surface area (Å²) in [7, 11) is 0. The van der Waals surface area contributed by atoms with Gasteiger partial charge in [-0.25, -0.2) is 0 Å². The summed E-state index contributed by atoms with van der Waals surface area (Å²) in [6.45, 7) is 1.14. The van der Waals surface area contributed by atoms with E-state index in [-0.39, 0.29) is 18.2 Å². The van der Waals surface area contributed by atoms with Gasteiger partial charge in [-0.3, -0.25) is 14.9 Å². The number of amides is 1. The Labute approximate surface area is 142 Å². The molecule has 3 rings (SSSR count). The van der Waals surface area contributed by atoms with Crippen molar-refractivity contribution >= 4 is 29.1 Å². The maximum Gasteiger partial charge on any atom is 0.270 e. The first kappa shape index (κ1) is 16.1. The van der Waals surface area contributed by atoms with E-state index in [0.717, 1.165) is 6.42 Å². The number of benzene rings is 1. The Hall–Kier alpha value is -2.74. The molecule has 1 aromatic heterocycles. The van der Waals surface area contributed by atoms with Crippen molar-refractivity contribution in [3.8, 4) is 0 Å². The summed E-state index contributed by atoms with van der Waals surface area (Å²) < 4.78 is 0. The monoisotopic (exact) mass is 345 g/mol. The first-order valence-corrected chi connectivity index (χ1v) is 8.24. The van der Waals surface area contributed by atoms with Crippen LogP contribution in [-0.2, 0) is 22.6 Å². The zero-order valence-electron chi connectivity index (χ0n) is 12.8. The number of hydrogen-bond acceptors (Lipinski definition) is 6. The van der Waals surface area contributed by atoms with Gasteiger partial charge in [0.05, 0.1) is 11.1 Å². The van der Waals surface area contributed by atoms with Crippen molar-refractivity contribution in [1.82, 2.24) is 4.90 Å². The molecule has 0 unspecified atom stereocenters. The van der Waals surface area contributed by atoms with Crippen LogP contribution in [-0.4, -0.2) is 35.1 Å². The fraction of sp³-hybridized carbons (Fsp3) is 0.250. The number of carbonyl (C=O) groups excluding carboxylic acids is 1. The van der Waals surface area contributed by atoms with Crippen LogP contribution in [0, 0.1) is 10.1 Å². The van der Waals surface area contributed by atoms with E-state index in [1.807, 2.05) is 11.4 Å². The molecule has 2 aromatic rings. The average Bonchev–Trinajstić information content (AvgIpc) is 3.06. The maximum atomic E-state index is 12.1. The van der Waals surface area contributed by atoms with Crippen LogP contribution < -0.4 is 0 Å². The Morgan fingerprint density at radius 3 is 3.17 bits per heavy atom. The predicted octanol–water partition coefficient (Wildman–Crippen LogP) is 2.59. The van der Waals surface area contributed by atoms with Crippen LogP contribution >= 0.6 is 11.3 Å². The second kappa shape index (κ2) is 7.22. The van der Waals surface area contributed by atoms with Crippen molar-refractivity contribution in [2.24, 2.45) is 5.16 Å². The van der Waals surface area contributed by atoms with Crippen LogP contribution in [0.2, 0.25) is 0 Å². The number of nitrogens with zero attached hydrogens (tertiary/aromatic N) is 3. The van der Waals surface area contributed by atoms with Gasteiger partial charge in [0.1, 0.15) is 0 Å². The molecule has 2 heterocycles. The molecule has 7 nitrogen and oxygen atoms in total. The van der Waals surface area contributed by atoms with Gasteiger partial charge in [-0.05, 0) is 23.4 Å². The van der Waals surface area contributed by atoms with Gasteiger partial charge >= 0.3 is 0 Å². The molecule has 0 N–H and O–H groups in total. The molecule has 124 valence electrons. The van der Waals surface area contributed by atoms with Crippen molar-refractivity contribution in [1.29, 1.82) is 0 Å². The van der Waals surface area contributed by atoms with Crippen LogP contribution in [0.25, 0.3) is 0 Å². The number of rotatable bonds is 5. The van der Waals surface area contributed by atoms with Gasteiger partial charge in [-0.1, -0.05) is 17.3 Å². The zero-order valence-corrected chi connectivity index (χ0v) is 13.6. The number of hydrogen-bond donors (Lipinski definition) is 0. The van der Waals surface area contributed by atoms with E-state index in [1.54, 1.807) is 28.4 Å². The molecular weight excluding hydrogens is 330 g/mol. The second-order valence-corrected chi connectivity index (χ2v) is 6.30. The molecule has 1 amide bonds. The third kappa shape index (κ3) is 3.77. The van der Waals surface area contributed by atoms with E-state index in [0.29, 0.717) is 18.7 Å². The van der Waals surface area contributed by atoms with Crippen molar-refractivity contribution in [2.75, 3.05) is 13.2 Å². The molecule has 0 radical (unpaired) electrons. The Bertz CT molecular complexity index is 787. The van der Waals surface area contributed by atoms with Crippen LogP contribution in [0.15, 0.2) is 40.9 Å². The van der Waals surface area contributed by atoms with Gasteiger partial charge in [-0.15, -0.1) is 11.3 Å². The number of non-ortho nitro benzene ring substituents is 1. The minimum Gasteiger partial charge on any atom is -0.386 e. The Balaban J connectivity index is 1.50. The standard InChI is InChI=1S/C16H15N3O4S/c20-16(18-6-4-15-13(10-18)5-7-24-15)11-23-17-9-12-2-1-3-14(8-12)19(21)22/h1-3,5,7-9H,4,6,10-11H2/b17-9+. The quantitative estimate of drug-likeness (QED) is 0.473. The number of nitro groups is 1. The third-order valence-electron chi connectivity index (χ3n) is 3.71. The summed E-state index contributed by atoms with van der Waals surface area (Å²) in [5, 5.41) is 16.5. The van der Waals surface area contributed by atoms with Gasteiger partial charge in [0.2, 0.25) is 0 Å². The Morgan fingerprint density at radius 2 is 2.33 bits per heavy atom. The van der Waals surface area contributed by atoms with E-state index in [1.165, 1.54) is 28.8 Å². The smallest absolute Gasteiger partial charge is 0.270 e. The minimum absolute atomic E-state index is 0.0186. The molecule has 1 aromatic carbocycles. The van der Waals surface area contributed by atoms with Crippen molar-refractivity contribution in [2.45, 2.75) is 13.0 Å². The molecule has 0 aliphatic carbocycles. The highest BCUT2D eigenvalue weighted by atomic mass is 32.1. The molecule has 8 heteroatoms. The van der Waals surface area contributed by atoms with Gasteiger partial charge < -0.3 is 9.74 Å². The number of fused-ring (bicyclic) bond motifs is 1. The lowest BCUT2D eigenvalue weighted by atomic mass is 10.1. The van der Waals surface area contributed by atoms with Crippen LogP contribution in [0.4, 0.5) is 5.69 Å². The Kier molecular flexibility index (Phi) is 4.85. The third-order valence-corrected chi connectivity index (χ3v) is 4.73. The lowest BCUT2D eigenvalue weighted by molar-refractivity contribution is -0.384. The van der Waals surface area contributed by atoms with Crippen LogP contribution in [0.1, 0.15) is 16.0 Å². The topological polar surface area (TPSA) is 85.0 Å². The van der Waals surface area contributed by atoms with Crippen molar-refractivity contribution in [3.63, 3.8) is 0 Å². The van der Waals surface area contributed by atoms with E-state index in [4.69, 9.17) is 4.84 Å². The molecule has 0 saturated heterocycles. The van der Waals surface area contributed by atoms with Crippen LogP contribution in [0.3, 0.4) is 0 Å². The molecule has 0 saturated carbocycles. The normalized spacial score (nSPS) is 13.8. The summed E-state index contributed by atoms with van der Waals surface area (Å²) in [5.74, 6) is -0.122. The zero-order chi connectivity index (χ0) is 16.9. The molecule has 0 bridgehead atoms. The number of thiophene rings is 1. The first-order chi connectivity index (χ1) is 11.6. The molecule has 1 aliphatic rings. The van der Waals surface area contributed by atoms with Gasteiger partial charge in [0.25, 0.3) is 11.6 Å². The maximum absolute atomic E-state index is 12.1. The molecule has 24 heavy (non-hydrogen) atoms. The molecule has 0 atom stereocenters. The highest BCUT2D eigenvalue weighted by Gasteiger charge is 2.21. The first-order valence-electron chi connectivity index (χ1n) is 7.36. The summed E-state index contributed by atoms with van der Waals surface area (Å²) >= 11 is 1.72. The SMILES string of the molecule is O=C(CO/N=C/c1cccc([N+](=O)[O-])c1)N1CCc2sccc2C1. The lowest BCUT2D eigenvalue weighted by Gasteiger charge is -2.26. The highest BCUT2D eigenvalue weighted by Crippen LogP contribution is 2.23. The largest absolute Gasteiger partial charge is 0.386 e. The van der Waals surface area contributed by atoms with Gasteiger partial charge in [-0.2, -0.15) is 0 Å².